The molecule has 1 N–H and O–H groups in total. The zero-order valence-electron chi connectivity index (χ0n) is 11.9. The van der Waals surface area contributed by atoms with Crippen molar-refractivity contribution in [3.05, 3.63) is 42.5 Å². The number of hydrogen-bond acceptors (Lipinski definition) is 2. The Morgan fingerprint density at radius 1 is 1.25 bits per heavy atom. The lowest BCUT2D eigenvalue weighted by Gasteiger charge is -2.21. The third kappa shape index (κ3) is 4.41. The minimum Gasteiger partial charge on any atom is -0.490 e. The van der Waals surface area contributed by atoms with Gasteiger partial charge in [-0.2, -0.15) is 0 Å². The van der Waals surface area contributed by atoms with Gasteiger partial charge in [0.25, 0.3) is 5.91 Å². The van der Waals surface area contributed by atoms with E-state index in [0.717, 1.165) is 12.3 Å². The number of benzene rings is 1. The second-order valence-corrected chi connectivity index (χ2v) is 5.34. The minimum absolute atomic E-state index is 0.00541. The molecule has 1 fully saturated rings. The van der Waals surface area contributed by atoms with E-state index in [1.165, 1.54) is 32.1 Å². The van der Waals surface area contributed by atoms with E-state index in [1.54, 1.807) is 18.2 Å². The predicted octanol–water partition coefficient (Wildman–Crippen LogP) is 3.56. The smallest absolute Gasteiger partial charge is 0.251 e. The summed E-state index contributed by atoms with van der Waals surface area (Å²) in [5, 5.41) is 3.04. The Labute approximate surface area is 121 Å². The van der Waals surface area contributed by atoms with Crippen LogP contribution in [-0.4, -0.2) is 19.1 Å². The van der Waals surface area contributed by atoms with E-state index in [9.17, 15) is 4.79 Å². The molecule has 0 bridgehead atoms. The summed E-state index contributed by atoms with van der Waals surface area (Å²) in [5.41, 5.74) is 0.687. The second-order valence-electron chi connectivity index (χ2n) is 5.34. The summed E-state index contributed by atoms with van der Waals surface area (Å²) in [4.78, 5) is 12.0. The van der Waals surface area contributed by atoms with Gasteiger partial charge in [0.15, 0.2) is 0 Å². The van der Waals surface area contributed by atoms with Crippen molar-refractivity contribution in [3.63, 3.8) is 0 Å². The van der Waals surface area contributed by atoms with E-state index in [0.29, 0.717) is 18.1 Å². The Bertz CT molecular complexity index is 433. The van der Waals surface area contributed by atoms with E-state index in [4.69, 9.17) is 4.74 Å². The Morgan fingerprint density at radius 3 is 2.60 bits per heavy atom. The summed E-state index contributed by atoms with van der Waals surface area (Å²) < 4.78 is 5.40. The molecule has 0 spiro atoms. The van der Waals surface area contributed by atoms with Crippen molar-refractivity contribution >= 4 is 5.91 Å². The second kappa shape index (κ2) is 7.73. The number of hydrogen-bond donors (Lipinski definition) is 1. The van der Waals surface area contributed by atoms with Crippen molar-refractivity contribution in [2.45, 2.75) is 32.1 Å². The minimum atomic E-state index is 0.00541. The van der Waals surface area contributed by atoms with Gasteiger partial charge in [0.1, 0.15) is 12.4 Å². The van der Waals surface area contributed by atoms with Crippen molar-refractivity contribution in [1.29, 1.82) is 0 Å². The van der Waals surface area contributed by atoms with Crippen LogP contribution in [0, 0.1) is 5.92 Å². The highest BCUT2D eigenvalue weighted by molar-refractivity contribution is 5.94. The van der Waals surface area contributed by atoms with E-state index in [1.807, 2.05) is 12.1 Å². The first-order valence-corrected chi connectivity index (χ1v) is 7.41. The van der Waals surface area contributed by atoms with Crippen molar-refractivity contribution in [2.24, 2.45) is 5.92 Å². The van der Waals surface area contributed by atoms with Gasteiger partial charge in [-0.25, -0.2) is 0 Å². The van der Waals surface area contributed by atoms with Crippen molar-refractivity contribution < 1.29 is 9.53 Å². The summed E-state index contributed by atoms with van der Waals surface area (Å²) in [6, 6.07) is 7.24. The molecular formula is C17H23NO2. The zero-order chi connectivity index (χ0) is 14.2. The fourth-order valence-electron chi connectivity index (χ4n) is 2.59. The average Bonchev–Trinajstić information content (AvgIpc) is 2.52. The summed E-state index contributed by atoms with van der Waals surface area (Å²) in [6.07, 6.45) is 8.14. The van der Waals surface area contributed by atoms with Gasteiger partial charge in [-0.15, -0.1) is 0 Å². The van der Waals surface area contributed by atoms with Crippen LogP contribution in [0.5, 0.6) is 5.75 Å². The monoisotopic (exact) mass is 273 g/mol. The van der Waals surface area contributed by atoms with Crippen molar-refractivity contribution in [2.75, 3.05) is 13.2 Å². The van der Waals surface area contributed by atoms with Crippen molar-refractivity contribution in [3.8, 4) is 5.75 Å². The normalized spacial score (nSPS) is 15.6. The fourth-order valence-corrected chi connectivity index (χ4v) is 2.59. The Hall–Kier alpha value is -1.77. The molecule has 0 atom stereocenters. The first kappa shape index (κ1) is 14.6. The molecule has 20 heavy (non-hydrogen) atoms. The van der Waals surface area contributed by atoms with Crippen molar-refractivity contribution in [1.82, 2.24) is 5.32 Å². The molecular weight excluding hydrogens is 250 g/mol. The third-order valence-corrected chi connectivity index (χ3v) is 3.76. The van der Waals surface area contributed by atoms with Crippen LogP contribution in [0.4, 0.5) is 0 Å². The first-order valence-electron chi connectivity index (χ1n) is 7.41. The highest BCUT2D eigenvalue weighted by Crippen LogP contribution is 2.22. The maximum atomic E-state index is 12.0. The Morgan fingerprint density at radius 2 is 1.95 bits per heavy atom. The molecule has 1 aromatic carbocycles. The molecule has 0 heterocycles. The maximum absolute atomic E-state index is 12.0. The van der Waals surface area contributed by atoms with Crippen LogP contribution < -0.4 is 10.1 Å². The van der Waals surface area contributed by atoms with Crippen LogP contribution in [0.3, 0.4) is 0 Å². The molecule has 0 saturated heterocycles. The summed E-state index contributed by atoms with van der Waals surface area (Å²) >= 11 is 0. The number of nitrogens with one attached hydrogen (secondary N) is 1. The molecule has 0 unspecified atom stereocenters. The number of carbonyl (C=O) groups excluding carboxylic acids is 1. The number of rotatable bonds is 6. The quantitative estimate of drug-likeness (QED) is 0.805. The van der Waals surface area contributed by atoms with E-state index in [-0.39, 0.29) is 5.91 Å². The third-order valence-electron chi connectivity index (χ3n) is 3.76. The van der Waals surface area contributed by atoms with Gasteiger partial charge in [0, 0.05) is 12.1 Å². The van der Waals surface area contributed by atoms with Crippen LogP contribution in [0.1, 0.15) is 42.5 Å². The molecule has 1 aliphatic rings. The largest absolute Gasteiger partial charge is 0.490 e. The predicted molar refractivity (Wildman–Crippen MR) is 81.0 cm³/mol. The molecule has 3 heteroatoms. The molecule has 0 radical (unpaired) electrons. The van der Waals surface area contributed by atoms with Crippen LogP contribution >= 0.6 is 0 Å². The number of ether oxygens (including phenoxy) is 1. The lowest BCUT2D eigenvalue weighted by atomic mass is 9.89. The summed E-state index contributed by atoms with van der Waals surface area (Å²) in [7, 11) is 0. The molecule has 1 amide bonds. The van der Waals surface area contributed by atoms with Crippen LogP contribution in [-0.2, 0) is 0 Å². The molecule has 2 rings (SSSR count). The van der Waals surface area contributed by atoms with Crippen LogP contribution in [0.2, 0.25) is 0 Å². The Kier molecular flexibility index (Phi) is 5.66. The van der Waals surface area contributed by atoms with Gasteiger partial charge >= 0.3 is 0 Å². The maximum Gasteiger partial charge on any atom is 0.251 e. The van der Waals surface area contributed by atoms with Crippen LogP contribution in [0.15, 0.2) is 36.9 Å². The molecule has 0 aliphatic heterocycles. The SMILES string of the molecule is C=CCOc1ccc(C(=O)NCC2CCCCC2)cc1. The molecule has 1 saturated carbocycles. The highest BCUT2D eigenvalue weighted by atomic mass is 16.5. The van der Waals surface area contributed by atoms with Gasteiger partial charge in [0.05, 0.1) is 0 Å². The number of amides is 1. The van der Waals surface area contributed by atoms with Crippen LogP contribution in [0.25, 0.3) is 0 Å². The first-order chi connectivity index (χ1) is 9.79. The van der Waals surface area contributed by atoms with Gasteiger partial charge in [-0.05, 0) is 43.0 Å². The summed E-state index contributed by atoms with van der Waals surface area (Å²) in [5.74, 6) is 1.42. The zero-order valence-corrected chi connectivity index (χ0v) is 11.9. The average molecular weight is 273 g/mol. The Balaban J connectivity index is 1.80. The van der Waals surface area contributed by atoms with E-state index in [2.05, 4.69) is 11.9 Å². The highest BCUT2D eigenvalue weighted by Gasteiger charge is 2.14. The molecule has 108 valence electrons. The van der Waals surface area contributed by atoms with E-state index >= 15 is 0 Å². The van der Waals surface area contributed by atoms with Gasteiger partial charge in [0.2, 0.25) is 0 Å². The van der Waals surface area contributed by atoms with E-state index < -0.39 is 0 Å². The lowest BCUT2D eigenvalue weighted by Crippen LogP contribution is -2.30. The molecule has 1 aromatic rings. The van der Waals surface area contributed by atoms with Gasteiger partial charge in [-0.3, -0.25) is 4.79 Å². The topological polar surface area (TPSA) is 38.3 Å². The van der Waals surface area contributed by atoms with Gasteiger partial charge in [-0.1, -0.05) is 31.9 Å². The molecule has 1 aliphatic carbocycles. The fraction of sp³-hybridized carbons (Fsp3) is 0.471. The standard InChI is InChI=1S/C17H23NO2/c1-2-12-20-16-10-8-15(9-11-16)17(19)18-13-14-6-4-3-5-7-14/h2,8-11,14H,1,3-7,12-13H2,(H,18,19). The molecule has 0 aromatic heterocycles. The number of carbonyl (C=O) groups is 1. The van der Waals surface area contributed by atoms with Gasteiger partial charge < -0.3 is 10.1 Å². The summed E-state index contributed by atoms with van der Waals surface area (Å²) in [6.45, 7) is 4.88. The molecule has 3 nitrogen and oxygen atoms in total. The lowest BCUT2D eigenvalue weighted by molar-refractivity contribution is 0.0943.